The van der Waals surface area contributed by atoms with Crippen LogP contribution in [0.2, 0.25) is 5.02 Å². The van der Waals surface area contributed by atoms with Crippen LogP contribution in [0, 0.1) is 11.3 Å². The smallest absolute Gasteiger partial charge is 0.169 e. The van der Waals surface area contributed by atoms with Crippen molar-refractivity contribution in [3.63, 3.8) is 0 Å². The Hall–Kier alpha value is -2.71. The molecule has 0 radical (unpaired) electrons. The van der Waals surface area contributed by atoms with Crippen molar-refractivity contribution in [2.75, 3.05) is 7.11 Å². The Kier molecular flexibility index (Phi) is 4.64. The molecule has 0 aliphatic rings. The minimum atomic E-state index is 0.360. The molecule has 21 heavy (non-hydrogen) atoms. The SMILES string of the molecule is COc1cc(C#N)ccc1Oc1ccc(/C=N/O)cc1Cl. The van der Waals surface area contributed by atoms with Crippen molar-refractivity contribution in [3.05, 3.63) is 52.5 Å². The number of halogens is 1. The van der Waals surface area contributed by atoms with Crippen molar-refractivity contribution in [1.29, 1.82) is 5.26 Å². The highest BCUT2D eigenvalue weighted by Gasteiger charge is 2.09. The highest BCUT2D eigenvalue weighted by atomic mass is 35.5. The lowest BCUT2D eigenvalue weighted by Gasteiger charge is -2.11. The van der Waals surface area contributed by atoms with Crippen LogP contribution in [0.3, 0.4) is 0 Å². The van der Waals surface area contributed by atoms with E-state index in [1.165, 1.54) is 13.3 Å². The van der Waals surface area contributed by atoms with E-state index in [0.717, 1.165) is 0 Å². The number of rotatable bonds is 4. The molecule has 0 aliphatic carbocycles. The zero-order valence-corrected chi connectivity index (χ0v) is 11.8. The normalized spacial score (nSPS) is 10.3. The van der Waals surface area contributed by atoms with Crippen LogP contribution in [0.1, 0.15) is 11.1 Å². The van der Waals surface area contributed by atoms with Gasteiger partial charge in [-0.1, -0.05) is 16.8 Å². The fraction of sp³-hybridized carbons (Fsp3) is 0.0667. The van der Waals surface area contributed by atoms with Gasteiger partial charge in [0.05, 0.1) is 30.0 Å². The predicted octanol–water partition coefficient (Wildman–Crippen LogP) is 3.82. The van der Waals surface area contributed by atoms with Crippen LogP contribution in [0.4, 0.5) is 0 Å². The number of nitrogens with zero attached hydrogens (tertiary/aromatic N) is 2. The standard InChI is InChI=1S/C15H11ClN2O3/c1-20-15-7-10(8-17)2-5-14(15)21-13-4-3-11(9-18-19)6-12(13)16/h2-7,9,19H,1H3/b18-9+. The Balaban J connectivity index is 2.32. The Bertz CT molecular complexity index is 723. The molecule has 1 N–H and O–H groups in total. The van der Waals surface area contributed by atoms with Gasteiger partial charge in [-0.05, 0) is 35.9 Å². The Morgan fingerprint density at radius 1 is 1.19 bits per heavy atom. The van der Waals surface area contributed by atoms with Crippen molar-refractivity contribution in [1.82, 2.24) is 0 Å². The molecule has 0 heterocycles. The first kappa shape index (κ1) is 14.7. The second-order valence-corrected chi connectivity index (χ2v) is 4.42. The Morgan fingerprint density at radius 2 is 1.95 bits per heavy atom. The summed E-state index contributed by atoms with van der Waals surface area (Å²) in [4.78, 5) is 0. The summed E-state index contributed by atoms with van der Waals surface area (Å²) >= 11 is 6.11. The Morgan fingerprint density at radius 3 is 2.57 bits per heavy atom. The van der Waals surface area contributed by atoms with E-state index in [0.29, 0.717) is 33.4 Å². The first-order chi connectivity index (χ1) is 10.2. The average molecular weight is 303 g/mol. The van der Waals surface area contributed by atoms with E-state index < -0.39 is 0 Å². The van der Waals surface area contributed by atoms with Crippen molar-refractivity contribution >= 4 is 17.8 Å². The van der Waals surface area contributed by atoms with Gasteiger partial charge in [-0.25, -0.2) is 0 Å². The van der Waals surface area contributed by atoms with Crippen LogP contribution in [0.15, 0.2) is 41.6 Å². The Labute approximate surface area is 126 Å². The fourth-order valence-corrected chi connectivity index (χ4v) is 1.91. The van der Waals surface area contributed by atoms with Gasteiger partial charge >= 0.3 is 0 Å². The summed E-state index contributed by atoms with van der Waals surface area (Å²) < 4.78 is 10.9. The molecule has 0 amide bonds. The molecular weight excluding hydrogens is 292 g/mol. The van der Waals surface area contributed by atoms with Gasteiger partial charge in [0.2, 0.25) is 0 Å². The first-order valence-corrected chi connectivity index (χ1v) is 6.28. The maximum Gasteiger partial charge on any atom is 0.169 e. The quantitative estimate of drug-likeness (QED) is 0.529. The van der Waals surface area contributed by atoms with Crippen LogP contribution in [0.5, 0.6) is 17.2 Å². The van der Waals surface area contributed by atoms with Gasteiger partial charge in [-0.15, -0.1) is 0 Å². The van der Waals surface area contributed by atoms with Crippen molar-refractivity contribution in [3.8, 4) is 23.3 Å². The topological polar surface area (TPSA) is 74.8 Å². The van der Waals surface area contributed by atoms with Crippen molar-refractivity contribution in [2.45, 2.75) is 0 Å². The number of nitriles is 1. The van der Waals surface area contributed by atoms with E-state index in [-0.39, 0.29) is 0 Å². The molecule has 2 aromatic rings. The number of benzene rings is 2. The molecular formula is C15H11ClN2O3. The number of oxime groups is 1. The summed E-state index contributed by atoms with van der Waals surface area (Å²) in [6.45, 7) is 0. The van der Waals surface area contributed by atoms with E-state index in [2.05, 4.69) is 5.16 Å². The second-order valence-electron chi connectivity index (χ2n) is 4.01. The number of hydrogen-bond donors (Lipinski definition) is 1. The third-order valence-corrected chi connectivity index (χ3v) is 2.97. The van der Waals surface area contributed by atoms with Gasteiger partial charge in [-0.2, -0.15) is 5.26 Å². The molecule has 6 heteroatoms. The zero-order chi connectivity index (χ0) is 15.2. The summed E-state index contributed by atoms with van der Waals surface area (Å²) in [5, 5.41) is 20.6. The molecule has 0 aliphatic heterocycles. The average Bonchev–Trinajstić information content (AvgIpc) is 2.50. The summed E-state index contributed by atoms with van der Waals surface area (Å²) in [5.41, 5.74) is 1.11. The molecule has 0 saturated carbocycles. The number of hydrogen-bond acceptors (Lipinski definition) is 5. The largest absolute Gasteiger partial charge is 0.493 e. The molecule has 2 aromatic carbocycles. The number of methoxy groups -OCH3 is 1. The van der Waals surface area contributed by atoms with Crippen molar-refractivity contribution in [2.24, 2.45) is 5.16 Å². The van der Waals surface area contributed by atoms with Gasteiger partial charge < -0.3 is 14.7 Å². The lowest BCUT2D eigenvalue weighted by atomic mass is 10.2. The van der Waals surface area contributed by atoms with Crippen molar-refractivity contribution < 1.29 is 14.7 Å². The molecule has 0 aromatic heterocycles. The molecule has 0 saturated heterocycles. The molecule has 0 atom stereocenters. The summed E-state index contributed by atoms with van der Waals surface area (Å²) in [6.07, 6.45) is 1.26. The van der Waals surface area contributed by atoms with Crippen LogP contribution in [-0.4, -0.2) is 18.5 Å². The predicted molar refractivity (Wildman–Crippen MR) is 78.6 cm³/mol. The van der Waals surface area contributed by atoms with Gasteiger partial charge in [-0.3, -0.25) is 0 Å². The van der Waals surface area contributed by atoms with Gasteiger partial charge in [0.25, 0.3) is 0 Å². The van der Waals surface area contributed by atoms with E-state index in [9.17, 15) is 0 Å². The van der Waals surface area contributed by atoms with E-state index in [4.69, 9.17) is 31.5 Å². The minimum absolute atomic E-state index is 0.360. The molecule has 0 spiro atoms. The van der Waals surface area contributed by atoms with Crippen LogP contribution < -0.4 is 9.47 Å². The molecule has 106 valence electrons. The molecule has 0 unspecified atom stereocenters. The fourth-order valence-electron chi connectivity index (χ4n) is 1.69. The van der Waals surface area contributed by atoms with E-state index in [1.807, 2.05) is 6.07 Å². The second kappa shape index (κ2) is 6.64. The van der Waals surface area contributed by atoms with Gasteiger partial charge in [0, 0.05) is 6.07 Å². The van der Waals surface area contributed by atoms with Crippen LogP contribution in [-0.2, 0) is 0 Å². The maximum absolute atomic E-state index is 8.86. The minimum Gasteiger partial charge on any atom is -0.493 e. The zero-order valence-electron chi connectivity index (χ0n) is 11.1. The lowest BCUT2D eigenvalue weighted by Crippen LogP contribution is -1.92. The molecule has 5 nitrogen and oxygen atoms in total. The van der Waals surface area contributed by atoms with Crippen LogP contribution >= 0.6 is 11.6 Å². The maximum atomic E-state index is 8.86. The monoisotopic (exact) mass is 302 g/mol. The highest BCUT2D eigenvalue weighted by Crippen LogP contribution is 2.35. The van der Waals surface area contributed by atoms with E-state index in [1.54, 1.807) is 36.4 Å². The van der Waals surface area contributed by atoms with Gasteiger partial charge in [0.1, 0.15) is 5.75 Å². The molecule has 0 fully saturated rings. The lowest BCUT2D eigenvalue weighted by molar-refractivity contribution is 0.322. The molecule has 2 rings (SSSR count). The summed E-state index contributed by atoms with van der Waals surface area (Å²) in [7, 11) is 1.49. The molecule has 0 bridgehead atoms. The summed E-state index contributed by atoms with van der Waals surface area (Å²) in [6, 6.07) is 11.8. The number of ether oxygens (including phenoxy) is 2. The van der Waals surface area contributed by atoms with Crippen LogP contribution in [0.25, 0.3) is 0 Å². The van der Waals surface area contributed by atoms with E-state index >= 15 is 0 Å². The highest BCUT2D eigenvalue weighted by molar-refractivity contribution is 6.32. The third kappa shape index (κ3) is 3.44. The van der Waals surface area contributed by atoms with Gasteiger partial charge in [0.15, 0.2) is 11.5 Å². The third-order valence-electron chi connectivity index (χ3n) is 2.68. The first-order valence-electron chi connectivity index (χ1n) is 5.91. The summed E-state index contributed by atoms with van der Waals surface area (Å²) in [5.74, 6) is 1.31.